The molecule has 130 valence electrons. The molecule has 0 unspecified atom stereocenters. The molecule has 0 saturated heterocycles. The number of carbonyl (C=O) groups is 1. The summed E-state index contributed by atoms with van der Waals surface area (Å²) in [5.41, 5.74) is 8.13. The number of carbonyl (C=O) groups excluding carboxylic acids is 1. The number of amides is 1. The molecule has 2 aromatic heterocycles. The topological polar surface area (TPSA) is 80.9 Å². The van der Waals surface area contributed by atoms with Gasteiger partial charge < -0.3 is 11.1 Å². The quantitative estimate of drug-likeness (QED) is 0.500. The van der Waals surface area contributed by atoms with Crippen molar-refractivity contribution in [2.75, 3.05) is 16.8 Å². The zero-order valence-electron chi connectivity index (χ0n) is 14.2. The van der Waals surface area contributed by atoms with Gasteiger partial charge in [0, 0.05) is 5.69 Å². The summed E-state index contributed by atoms with van der Waals surface area (Å²) in [5, 5.41) is 6.44. The number of rotatable bonds is 6. The Balaban J connectivity index is 1.69. The Morgan fingerprint density at radius 3 is 2.76 bits per heavy atom. The van der Waals surface area contributed by atoms with E-state index in [1.165, 1.54) is 17.3 Å². The number of aromatic nitrogens is 2. The van der Waals surface area contributed by atoms with E-state index in [1.807, 2.05) is 30.3 Å². The lowest BCUT2D eigenvalue weighted by Gasteiger charge is -2.07. The number of nitrogens with one attached hydrogen (secondary N) is 1. The van der Waals surface area contributed by atoms with Gasteiger partial charge in [-0.15, -0.1) is 11.3 Å². The van der Waals surface area contributed by atoms with E-state index in [4.69, 9.17) is 5.73 Å². The lowest BCUT2D eigenvalue weighted by Crippen LogP contribution is -2.14. The smallest absolute Gasteiger partial charge is 0.234 e. The Labute approximate surface area is 155 Å². The Morgan fingerprint density at radius 1 is 1.28 bits per heavy atom. The number of anilines is 2. The number of thiophene rings is 1. The van der Waals surface area contributed by atoms with Crippen LogP contribution in [0.15, 0.2) is 40.9 Å². The first-order chi connectivity index (χ1) is 12.0. The lowest BCUT2D eigenvalue weighted by atomic mass is 10.0. The van der Waals surface area contributed by atoms with Crippen LogP contribution in [0.4, 0.5) is 11.5 Å². The van der Waals surface area contributed by atoms with Gasteiger partial charge >= 0.3 is 0 Å². The van der Waals surface area contributed by atoms with Crippen LogP contribution in [0.25, 0.3) is 10.2 Å². The molecule has 0 radical (unpaired) electrons. The van der Waals surface area contributed by atoms with E-state index in [1.54, 1.807) is 11.3 Å². The fourth-order valence-corrected chi connectivity index (χ4v) is 4.18. The molecule has 0 bridgehead atoms. The molecule has 1 amide bonds. The molecule has 3 N–H and O–H groups in total. The normalized spacial score (nSPS) is 11.2. The average molecular weight is 373 g/mol. The zero-order valence-corrected chi connectivity index (χ0v) is 15.8. The van der Waals surface area contributed by atoms with Crippen molar-refractivity contribution in [1.82, 2.24) is 9.97 Å². The molecule has 0 atom stereocenters. The number of hydrogen-bond donors (Lipinski definition) is 2. The number of fused-ring (bicyclic) bond motifs is 1. The summed E-state index contributed by atoms with van der Waals surface area (Å²) in [6, 6.07) is 9.37. The van der Waals surface area contributed by atoms with Crippen molar-refractivity contribution in [1.29, 1.82) is 0 Å². The highest BCUT2D eigenvalue weighted by Gasteiger charge is 2.14. The van der Waals surface area contributed by atoms with Gasteiger partial charge in [0.15, 0.2) is 5.16 Å². The van der Waals surface area contributed by atoms with Crippen LogP contribution < -0.4 is 11.1 Å². The molecule has 25 heavy (non-hydrogen) atoms. The van der Waals surface area contributed by atoms with Crippen molar-refractivity contribution in [3.8, 4) is 0 Å². The predicted molar refractivity (Wildman–Crippen MR) is 106 cm³/mol. The minimum atomic E-state index is -0.0925. The first kappa shape index (κ1) is 17.7. The van der Waals surface area contributed by atoms with Crippen molar-refractivity contribution in [2.24, 2.45) is 5.92 Å². The van der Waals surface area contributed by atoms with Gasteiger partial charge in [0.25, 0.3) is 0 Å². The van der Waals surface area contributed by atoms with Crippen LogP contribution in [-0.2, 0) is 11.2 Å². The van der Waals surface area contributed by atoms with Crippen molar-refractivity contribution in [2.45, 2.75) is 25.4 Å². The molecule has 0 spiro atoms. The second-order valence-electron chi connectivity index (χ2n) is 6.13. The summed E-state index contributed by atoms with van der Waals surface area (Å²) >= 11 is 2.87. The summed E-state index contributed by atoms with van der Waals surface area (Å²) in [5.74, 6) is 1.19. The Kier molecular flexibility index (Phi) is 5.55. The monoisotopic (exact) mass is 372 g/mol. The summed E-state index contributed by atoms with van der Waals surface area (Å²) < 4.78 is 0. The molecule has 2 heterocycles. The number of hydrogen-bond acceptors (Lipinski definition) is 6. The van der Waals surface area contributed by atoms with Gasteiger partial charge in [-0.05, 0) is 35.4 Å². The molecule has 1 aromatic carbocycles. The fraction of sp³-hybridized carbons (Fsp3) is 0.278. The van der Waals surface area contributed by atoms with Crippen LogP contribution >= 0.6 is 23.1 Å². The SMILES string of the molecule is CC(C)Cc1csc2nc(SCC(=O)Nc3ccccc3)nc(N)c12. The molecule has 3 rings (SSSR count). The van der Waals surface area contributed by atoms with Gasteiger partial charge in [-0.1, -0.05) is 43.8 Å². The lowest BCUT2D eigenvalue weighted by molar-refractivity contribution is -0.113. The third-order valence-corrected chi connectivity index (χ3v) is 5.30. The zero-order chi connectivity index (χ0) is 17.8. The van der Waals surface area contributed by atoms with Gasteiger partial charge in [0.05, 0.1) is 11.1 Å². The van der Waals surface area contributed by atoms with Crippen LogP contribution in [0.1, 0.15) is 19.4 Å². The molecule has 0 aliphatic carbocycles. The summed E-state index contributed by atoms with van der Waals surface area (Å²) in [4.78, 5) is 21.9. The number of para-hydroxylation sites is 1. The molecular weight excluding hydrogens is 352 g/mol. The third kappa shape index (κ3) is 4.49. The number of nitrogen functional groups attached to an aromatic ring is 1. The first-order valence-electron chi connectivity index (χ1n) is 8.04. The summed E-state index contributed by atoms with van der Waals surface area (Å²) in [6.45, 7) is 4.35. The summed E-state index contributed by atoms with van der Waals surface area (Å²) in [7, 11) is 0. The van der Waals surface area contributed by atoms with Crippen LogP contribution in [-0.4, -0.2) is 21.6 Å². The van der Waals surface area contributed by atoms with Crippen LogP contribution in [0.5, 0.6) is 0 Å². The van der Waals surface area contributed by atoms with Crippen molar-refractivity contribution < 1.29 is 4.79 Å². The highest BCUT2D eigenvalue weighted by Crippen LogP contribution is 2.31. The third-order valence-electron chi connectivity index (χ3n) is 3.54. The standard InChI is InChI=1S/C18H20N4OS2/c1-11(2)8-12-9-24-17-15(12)16(19)21-18(22-17)25-10-14(23)20-13-6-4-3-5-7-13/h3-7,9,11H,8,10H2,1-2H3,(H,20,23)(H2,19,21,22). The highest BCUT2D eigenvalue weighted by molar-refractivity contribution is 7.99. The maximum atomic E-state index is 12.0. The van der Waals surface area contributed by atoms with Gasteiger partial charge in [0.1, 0.15) is 10.6 Å². The van der Waals surface area contributed by atoms with Gasteiger partial charge in [-0.2, -0.15) is 0 Å². The Hall–Kier alpha value is -2.12. The first-order valence-corrected chi connectivity index (χ1v) is 9.90. The Morgan fingerprint density at radius 2 is 2.04 bits per heavy atom. The number of nitrogens with two attached hydrogens (primary N) is 1. The van der Waals surface area contributed by atoms with E-state index >= 15 is 0 Å². The van der Waals surface area contributed by atoms with Crippen molar-refractivity contribution in [3.05, 3.63) is 41.3 Å². The fourth-order valence-electron chi connectivity index (χ4n) is 2.51. The van der Waals surface area contributed by atoms with E-state index in [-0.39, 0.29) is 11.7 Å². The van der Waals surface area contributed by atoms with Crippen molar-refractivity contribution in [3.63, 3.8) is 0 Å². The molecule has 7 heteroatoms. The molecule has 0 aliphatic rings. The van der Waals surface area contributed by atoms with Gasteiger partial charge in [-0.25, -0.2) is 9.97 Å². The molecule has 3 aromatic rings. The summed E-state index contributed by atoms with van der Waals surface area (Å²) in [6.07, 6.45) is 0.958. The van der Waals surface area contributed by atoms with Crippen LogP contribution in [0, 0.1) is 5.92 Å². The second kappa shape index (κ2) is 7.84. The van der Waals surface area contributed by atoms with Crippen molar-refractivity contribution >= 4 is 50.7 Å². The molecular formula is C18H20N4OS2. The molecule has 5 nitrogen and oxygen atoms in total. The molecule has 0 saturated carbocycles. The number of thioether (sulfide) groups is 1. The molecule has 0 fully saturated rings. The van der Waals surface area contributed by atoms with Gasteiger partial charge in [0.2, 0.25) is 5.91 Å². The second-order valence-corrected chi connectivity index (χ2v) is 7.93. The Bertz CT molecular complexity index is 877. The highest BCUT2D eigenvalue weighted by atomic mass is 32.2. The average Bonchev–Trinajstić information content (AvgIpc) is 2.96. The van der Waals surface area contributed by atoms with Crippen LogP contribution in [0.3, 0.4) is 0 Å². The van der Waals surface area contributed by atoms with Crippen LogP contribution in [0.2, 0.25) is 0 Å². The minimum absolute atomic E-state index is 0.0925. The maximum Gasteiger partial charge on any atom is 0.234 e. The van der Waals surface area contributed by atoms with E-state index in [0.717, 1.165) is 22.3 Å². The number of benzene rings is 1. The van der Waals surface area contributed by atoms with E-state index in [2.05, 4.69) is 34.5 Å². The number of nitrogens with zero attached hydrogens (tertiary/aromatic N) is 2. The van der Waals surface area contributed by atoms with E-state index in [9.17, 15) is 4.79 Å². The minimum Gasteiger partial charge on any atom is -0.383 e. The van der Waals surface area contributed by atoms with E-state index in [0.29, 0.717) is 16.9 Å². The largest absolute Gasteiger partial charge is 0.383 e. The molecule has 0 aliphatic heterocycles. The van der Waals surface area contributed by atoms with Gasteiger partial charge in [-0.3, -0.25) is 4.79 Å². The van der Waals surface area contributed by atoms with E-state index < -0.39 is 0 Å². The maximum absolute atomic E-state index is 12.0. The predicted octanol–water partition coefficient (Wildman–Crippen LogP) is 4.20.